The second-order valence-corrected chi connectivity index (χ2v) is 8.99. The number of rotatable bonds is 6. The molecule has 3 heterocycles. The number of aromatic nitrogens is 2. The number of carboxylic acid groups (broad SMARTS) is 2. The van der Waals surface area contributed by atoms with E-state index >= 15 is 0 Å². The number of aliphatic carboxylic acids is 2. The van der Waals surface area contributed by atoms with Gasteiger partial charge in [-0.3, -0.25) is 14.4 Å². The van der Waals surface area contributed by atoms with Crippen molar-refractivity contribution in [3.05, 3.63) is 5.01 Å². The third-order valence-electron chi connectivity index (χ3n) is 3.86. The summed E-state index contributed by atoms with van der Waals surface area (Å²) in [6.07, 6.45) is -0.208. The summed E-state index contributed by atoms with van der Waals surface area (Å²) < 4.78 is 0.519. The molecule has 24 heavy (non-hydrogen) atoms. The highest BCUT2D eigenvalue weighted by atomic mass is 32.2. The number of hydrogen-bond acceptors (Lipinski definition) is 9. The summed E-state index contributed by atoms with van der Waals surface area (Å²) in [4.78, 5) is 35.8. The minimum absolute atomic E-state index is 0.125. The SMILES string of the molecule is NC1C(=O)N2CC(CSc3nnc(CC(=O)O)s3)(C(=O)O)CS[C@H]12. The van der Waals surface area contributed by atoms with Crippen molar-refractivity contribution in [2.75, 3.05) is 18.1 Å². The number of fused-ring (bicyclic) bond motifs is 1. The van der Waals surface area contributed by atoms with E-state index in [1.165, 1.54) is 28.4 Å². The first-order valence-electron chi connectivity index (χ1n) is 6.90. The van der Waals surface area contributed by atoms with Crippen LogP contribution in [-0.2, 0) is 20.8 Å². The molecule has 0 aromatic carbocycles. The predicted molar refractivity (Wildman–Crippen MR) is 88.0 cm³/mol. The molecular weight excluding hydrogens is 376 g/mol. The van der Waals surface area contributed by atoms with Crippen molar-refractivity contribution in [2.45, 2.75) is 22.2 Å². The third kappa shape index (κ3) is 3.10. The Kier molecular flexibility index (Phi) is 4.73. The topological polar surface area (TPSA) is 147 Å². The number of thioether (sulfide) groups is 2. The quantitative estimate of drug-likeness (QED) is 0.432. The molecule has 1 aromatic rings. The Bertz CT molecular complexity index is 698. The molecule has 3 rings (SSSR count). The first-order chi connectivity index (χ1) is 11.3. The molecule has 0 spiro atoms. The highest BCUT2D eigenvalue weighted by Gasteiger charge is 2.55. The number of hydrogen-bond donors (Lipinski definition) is 3. The van der Waals surface area contributed by atoms with Crippen molar-refractivity contribution in [2.24, 2.45) is 11.1 Å². The lowest BCUT2D eigenvalue weighted by Crippen LogP contribution is -2.72. The van der Waals surface area contributed by atoms with E-state index in [0.717, 1.165) is 11.3 Å². The number of β-lactam (4-membered cyclic amide) rings is 1. The van der Waals surface area contributed by atoms with E-state index in [1.54, 1.807) is 0 Å². The minimum Gasteiger partial charge on any atom is -0.481 e. The van der Waals surface area contributed by atoms with E-state index in [-0.39, 0.29) is 30.0 Å². The highest BCUT2D eigenvalue weighted by Crippen LogP contribution is 2.44. The zero-order chi connectivity index (χ0) is 17.5. The molecular formula is C12H14N4O5S3. The first-order valence-corrected chi connectivity index (χ1v) is 9.75. The van der Waals surface area contributed by atoms with Gasteiger partial charge in [-0.1, -0.05) is 23.1 Å². The standard InChI is InChI=1S/C12H14N4O5S3/c13-7-8(19)16-2-12(10(20)21,3-22-9(7)16)4-23-11-15-14-5(24-11)1-6(17)18/h7,9H,1-4,13H2,(H,17,18)(H,20,21)/t7?,9-,12?/m1/s1. The Labute approximate surface area is 149 Å². The fourth-order valence-corrected chi connectivity index (χ4v) is 6.20. The van der Waals surface area contributed by atoms with Gasteiger partial charge in [0.2, 0.25) is 5.91 Å². The van der Waals surface area contributed by atoms with Crippen molar-refractivity contribution >= 4 is 52.7 Å². The minimum atomic E-state index is -1.08. The Balaban J connectivity index is 1.67. The fraction of sp³-hybridized carbons (Fsp3) is 0.583. The van der Waals surface area contributed by atoms with Crippen LogP contribution in [-0.4, -0.2) is 72.6 Å². The van der Waals surface area contributed by atoms with E-state index in [9.17, 15) is 19.5 Å². The van der Waals surface area contributed by atoms with Crippen molar-refractivity contribution in [1.29, 1.82) is 0 Å². The maximum atomic E-state index is 11.8. The van der Waals surface area contributed by atoms with Crippen LogP contribution in [0.1, 0.15) is 5.01 Å². The van der Waals surface area contributed by atoms with Gasteiger partial charge in [0.1, 0.15) is 21.8 Å². The molecule has 3 atom stereocenters. The largest absolute Gasteiger partial charge is 0.481 e. The number of nitrogens with two attached hydrogens (primary N) is 1. The van der Waals surface area contributed by atoms with Crippen LogP contribution in [0, 0.1) is 5.41 Å². The van der Waals surface area contributed by atoms with Gasteiger partial charge in [0, 0.05) is 18.1 Å². The van der Waals surface area contributed by atoms with Crippen LogP contribution in [0.3, 0.4) is 0 Å². The fourth-order valence-electron chi connectivity index (χ4n) is 2.50. The van der Waals surface area contributed by atoms with Crippen molar-refractivity contribution in [3.8, 4) is 0 Å². The second kappa shape index (κ2) is 6.50. The summed E-state index contributed by atoms with van der Waals surface area (Å²) in [5.74, 6) is -1.60. The third-order valence-corrected chi connectivity index (χ3v) is 7.82. The lowest BCUT2D eigenvalue weighted by atomic mass is 9.89. The molecule has 9 nitrogen and oxygen atoms in total. The number of carboxylic acids is 2. The molecule has 12 heteroatoms. The van der Waals surface area contributed by atoms with Crippen LogP contribution in [0.2, 0.25) is 0 Å². The molecule has 2 fully saturated rings. The lowest BCUT2D eigenvalue weighted by Gasteiger charge is -2.52. The molecule has 1 aromatic heterocycles. The number of carbonyl (C=O) groups is 3. The average Bonchev–Trinajstić information content (AvgIpc) is 2.98. The number of nitrogens with zero attached hydrogens (tertiary/aromatic N) is 3. The first kappa shape index (κ1) is 17.5. The van der Waals surface area contributed by atoms with Crippen molar-refractivity contribution in [3.63, 3.8) is 0 Å². The van der Waals surface area contributed by atoms with Gasteiger partial charge in [0.05, 0.1) is 6.42 Å². The Morgan fingerprint density at radius 2 is 2.17 bits per heavy atom. The zero-order valence-corrected chi connectivity index (χ0v) is 14.7. The predicted octanol–water partition coefficient (Wildman–Crippen LogP) is -0.429. The molecule has 2 aliphatic heterocycles. The lowest BCUT2D eigenvalue weighted by molar-refractivity contribution is -0.155. The molecule has 2 unspecified atom stereocenters. The summed E-state index contributed by atoms with van der Waals surface area (Å²) in [7, 11) is 0. The monoisotopic (exact) mass is 390 g/mol. The van der Waals surface area contributed by atoms with Gasteiger partial charge in [-0.15, -0.1) is 22.0 Å². The summed E-state index contributed by atoms with van der Waals surface area (Å²) in [5.41, 5.74) is 4.64. The van der Waals surface area contributed by atoms with Crippen molar-refractivity contribution < 1.29 is 24.6 Å². The smallest absolute Gasteiger partial charge is 0.313 e. The van der Waals surface area contributed by atoms with Gasteiger partial charge in [-0.2, -0.15) is 0 Å². The molecule has 0 saturated carbocycles. The molecule has 1 amide bonds. The molecule has 2 aliphatic rings. The van der Waals surface area contributed by atoms with E-state index in [1.807, 2.05) is 0 Å². The van der Waals surface area contributed by atoms with Crippen LogP contribution in [0.5, 0.6) is 0 Å². The molecule has 4 N–H and O–H groups in total. The van der Waals surface area contributed by atoms with Crippen LogP contribution in [0.4, 0.5) is 0 Å². The van der Waals surface area contributed by atoms with Gasteiger partial charge in [-0.25, -0.2) is 0 Å². The van der Waals surface area contributed by atoms with Gasteiger partial charge in [0.15, 0.2) is 4.34 Å². The molecule has 130 valence electrons. The Morgan fingerprint density at radius 1 is 1.42 bits per heavy atom. The molecule has 2 saturated heterocycles. The molecule has 0 aliphatic carbocycles. The van der Waals surface area contributed by atoms with E-state index in [2.05, 4.69) is 10.2 Å². The maximum absolute atomic E-state index is 11.8. The van der Waals surface area contributed by atoms with Crippen LogP contribution in [0.25, 0.3) is 0 Å². The summed E-state index contributed by atoms with van der Waals surface area (Å²) >= 11 is 3.74. The summed E-state index contributed by atoms with van der Waals surface area (Å²) in [6.45, 7) is 0.125. The summed E-state index contributed by atoms with van der Waals surface area (Å²) in [5, 5.41) is 26.3. The molecule has 0 bridgehead atoms. The zero-order valence-electron chi connectivity index (χ0n) is 12.2. The highest BCUT2D eigenvalue weighted by molar-refractivity contribution is 8.01. The number of carbonyl (C=O) groups excluding carboxylic acids is 1. The van der Waals surface area contributed by atoms with E-state index in [4.69, 9.17) is 10.8 Å². The van der Waals surface area contributed by atoms with E-state index < -0.39 is 23.4 Å². The normalized spacial score (nSPS) is 29.0. The van der Waals surface area contributed by atoms with Gasteiger partial charge < -0.3 is 20.8 Å². The van der Waals surface area contributed by atoms with Crippen LogP contribution < -0.4 is 5.73 Å². The van der Waals surface area contributed by atoms with Crippen molar-refractivity contribution in [1.82, 2.24) is 15.1 Å². The Hall–Kier alpha value is -1.37. The second-order valence-electron chi connectivity index (χ2n) is 5.60. The van der Waals surface area contributed by atoms with Crippen LogP contribution in [0.15, 0.2) is 4.34 Å². The molecule has 0 radical (unpaired) electrons. The summed E-state index contributed by atoms with van der Waals surface area (Å²) in [6, 6.07) is -0.545. The Morgan fingerprint density at radius 3 is 2.83 bits per heavy atom. The van der Waals surface area contributed by atoms with Gasteiger partial charge in [-0.05, 0) is 0 Å². The maximum Gasteiger partial charge on any atom is 0.313 e. The number of amides is 1. The average molecular weight is 390 g/mol. The van der Waals surface area contributed by atoms with Gasteiger partial charge >= 0.3 is 11.9 Å². The van der Waals surface area contributed by atoms with Crippen LogP contribution >= 0.6 is 34.9 Å². The van der Waals surface area contributed by atoms with Gasteiger partial charge in [0.25, 0.3) is 0 Å². The van der Waals surface area contributed by atoms with E-state index in [0.29, 0.717) is 15.1 Å².